The van der Waals surface area contributed by atoms with Crippen LogP contribution in [0.3, 0.4) is 0 Å². The van der Waals surface area contributed by atoms with Crippen LogP contribution in [0.15, 0.2) is 15.8 Å². The number of hydrogen-bond donors (Lipinski definition) is 0. The van der Waals surface area contributed by atoms with Crippen molar-refractivity contribution in [3.05, 3.63) is 27.0 Å². The molecule has 13 heteroatoms. The van der Waals surface area contributed by atoms with Crippen molar-refractivity contribution in [1.29, 1.82) is 0 Å². The summed E-state index contributed by atoms with van der Waals surface area (Å²) in [5, 5.41) is 8.41. The van der Waals surface area contributed by atoms with E-state index in [0.717, 1.165) is 11.0 Å². The summed E-state index contributed by atoms with van der Waals surface area (Å²) in [7, 11) is 1.47. The lowest BCUT2D eigenvalue weighted by Crippen LogP contribution is -2.40. The van der Waals surface area contributed by atoms with Gasteiger partial charge in [0.2, 0.25) is 0 Å². The summed E-state index contributed by atoms with van der Waals surface area (Å²) in [5.41, 5.74) is 0.653. The molecule has 13 nitrogen and oxygen atoms in total. The number of rotatable bonds is 4. The van der Waals surface area contributed by atoms with Crippen LogP contribution >= 0.6 is 0 Å². The summed E-state index contributed by atoms with van der Waals surface area (Å²) in [6, 6.07) is 0. The summed E-state index contributed by atoms with van der Waals surface area (Å²) >= 11 is 0. The molecule has 2 saturated heterocycles. The third-order valence-electron chi connectivity index (χ3n) is 6.80. The molecule has 6 rings (SSSR count). The quantitative estimate of drug-likeness (QED) is 0.508. The summed E-state index contributed by atoms with van der Waals surface area (Å²) < 4.78 is 30.6. The van der Waals surface area contributed by atoms with Gasteiger partial charge in [-0.2, -0.15) is 0 Å². The Hall–Kier alpha value is -2.87. The van der Waals surface area contributed by atoms with Gasteiger partial charge in [-0.3, -0.25) is 13.9 Å². The highest BCUT2D eigenvalue weighted by Gasteiger charge is 2.50. The van der Waals surface area contributed by atoms with Gasteiger partial charge in [0.1, 0.15) is 24.0 Å². The van der Waals surface area contributed by atoms with Crippen LogP contribution < -0.4 is 11.2 Å². The summed E-state index contributed by atoms with van der Waals surface area (Å²) in [6.45, 7) is 9.37. The SMILES string of the molecule is Cn1c(=O)c2nc(-c3cnnn3C[C@H]3OC(C)(C)O[C@@H]3[C@H]3COC(C)(C)O3)n3c2n(c1=O)CCC3. The maximum atomic E-state index is 12.8. The second-order valence-electron chi connectivity index (χ2n) is 10.2. The molecule has 188 valence electrons. The Morgan fingerprint density at radius 1 is 1.06 bits per heavy atom. The molecule has 0 aliphatic carbocycles. The van der Waals surface area contributed by atoms with Crippen molar-refractivity contribution in [2.75, 3.05) is 6.61 Å². The fourth-order valence-electron chi connectivity index (χ4n) is 5.31. The molecule has 3 aromatic heterocycles. The van der Waals surface area contributed by atoms with Crippen molar-refractivity contribution < 1.29 is 18.9 Å². The summed E-state index contributed by atoms with van der Waals surface area (Å²) in [6.07, 6.45) is 1.30. The molecule has 2 fully saturated rings. The zero-order valence-corrected chi connectivity index (χ0v) is 20.4. The Balaban J connectivity index is 1.39. The van der Waals surface area contributed by atoms with Crippen molar-refractivity contribution >= 4 is 11.2 Å². The molecule has 3 aliphatic heterocycles. The molecule has 3 aliphatic rings. The minimum Gasteiger partial charge on any atom is -0.348 e. The molecule has 0 spiro atoms. The molecule has 3 aromatic rings. The van der Waals surface area contributed by atoms with Gasteiger partial charge in [-0.05, 0) is 34.1 Å². The minimum atomic E-state index is -0.803. The van der Waals surface area contributed by atoms with Crippen molar-refractivity contribution in [3.63, 3.8) is 0 Å². The highest BCUT2D eigenvalue weighted by Crippen LogP contribution is 2.36. The topological polar surface area (TPSA) is 129 Å². The maximum absolute atomic E-state index is 12.8. The van der Waals surface area contributed by atoms with Gasteiger partial charge in [0.25, 0.3) is 5.56 Å². The first-order chi connectivity index (χ1) is 16.5. The Kier molecular flexibility index (Phi) is 4.88. The van der Waals surface area contributed by atoms with E-state index < -0.39 is 17.1 Å². The van der Waals surface area contributed by atoms with Gasteiger partial charge in [0.05, 0.1) is 19.3 Å². The number of aryl methyl sites for hydroxylation is 2. The predicted molar refractivity (Wildman–Crippen MR) is 122 cm³/mol. The van der Waals surface area contributed by atoms with Crippen LogP contribution in [0.25, 0.3) is 22.7 Å². The number of imidazole rings is 1. The zero-order valence-electron chi connectivity index (χ0n) is 20.4. The molecule has 0 amide bonds. The molecule has 0 bridgehead atoms. The lowest BCUT2D eigenvalue weighted by molar-refractivity contribution is -0.174. The van der Waals surface area contributed by atoms with Gasteiger partial charge >= 0.3 is 5.69 Å². The first kappa shape index (κ1) is 22.6. The molecular weight excluding hydrogens is 458 g/mol. The van der Waals surface area contributed by atoms with Crippen LogP contribution in [0.2, 0.25) is 0 Å². The van der Waals surface area contributed by atoms with Crippen LogP contribution in [-0.4, -0.2) is 70.2 Å². The molecule has 0 aromatic carbocycles. The summed E-state index contributed by atoms with van der Waals surface area (Å²) in [4.78, 5) is 30.2. The number of aromatic nitrogens is 7. The highest BCUT2D eigenvalue weighted by molar-refractivity contribution is 5.76. The largest absolute Gasteiger partial charge is 0.348 e. The molecule has 0 N–H and O–H groups in total. The van der Waals surface area contributed by atoms with E-state index in [9.17, 15) is 9.59 Å². The third-order valence-corrected chi connectivity index (χ3v) is 6.80. The molecule has 0 radical (unpaired) electrons. The van der Waals surface area contributed by atoms with E-state index in [1.165, 1.54) is 7.05 Å². The van der Waals surface area contributed by atoms with E-state index >= 15 is 0 Å². The van der Waals surface area contributed by atoms with Gasteiger partial charge in [-0.15, -0.1) is 5.10 Å². The van der Waals surface area contributed by atoms with Gasteiger partial charge in [0.15, 0.2) is 28.6 Å². The van der Waals surface area contributed by atoms with Crippen LogP contribution in [0, 0.1) is 0 Å². The van der Waals surface area contributed by atoms with Crippen molar-refractivity contribution in [3.8, 4) is 11.5 Å². The van der Waals surface area contributed by atoms with E-state index in [0.29, 0.717) is 43.4 Å². The third kappa shape index (κ3) is 3.56. The standard InChI is InChI=1S/C22H29N7O6/c1-21(2)32-11-14(34-21)16-13(33-22(3,4)35-16)10-29-12(9-23-25-29)17-24-15-18-27(17)7-6-8-28(18)20(31)26(5)19(15)30/h9,13-14,16H,6-8,10-11H2,1-5H3/t13-,14-,16+/m1/s1. The molecule has 3 atom stereocenters. The predicted octanol–water partition coefficient (Wildman–Crippen LogP) is 0.231. The van der Waals surface area contributed by atoms with Gasteiger partial charge in [-0.1, -0.05) is 5.21 Å². The molecular formula is C22H29N7O6. The molecule has 0 unspecified atom stereocenters. The van der Waals surface area contributed by atoms with Gasteiger partial charge in [-0.25, -0.2) is 14.5 Å². The van der Waals surface area contributed by atoms with Gasteiger partial charge < -0.3 is 23.5 Å². The van der Waals surface area contributed by atoms with Gasteiger partial charge in [0, 0.05) is 20.1 Å². The zero-order chi connectivity index (χ0) is 24.7. The average Bonchev–Trinajstić information content (AvgIpc) is 3.55. The Morgan fingerprint density at radius 2 is 1.83 bits per heavy atom. The van der Waals surface area contributed by atoms with Crippen LogP contribution in [0.4, 0.5) is 0 Å². The van der Waals surface area contributed by atoms with E-state index in [4.69, 9.17) is 18.9 Å². The average molecular weight is 488 g/mol. The van der Waals surface area contributed by atoms with Crippen LogP contribution in [-0.2, 0) is 45.6 Å². The van der Waals surface area contributed by atoms with E-state index in [1.54, 1.807) is 15.4 Å². The Labute approximate surface area is 200 Å². The number of nitrogens with zero attached hydrogens (tertiary/aromatic N) is 7. The molecule has 0 saturated carbocycles. The smallest absolute Gasteiger partial charge is 0.332 e. The lowest BCUT2D eigenvalue weighted by atomic mass is 10.1. The number of ether oxygens (including phenoxy) is 4. The van der Waals surface area contributed by atoms with Crippen molar-refractivity contribution in [2.24, 2.45) is 7.05 Å². The molecule has 6 heterocycles. The first-order valence-corrected chi connectivity index (χ1v) is 11.8. The Bertz CT molecular complexity index is 1430. The number of hydrogen-bond acceptors (Lipinski definition) is 9. The van der Waals surface area contributed by atoms with Crippen molar-refractivity contribution in [1.82, 2.24) is 33.7 Å². The normalized spacial score (nSPS) is 27.2. The Morgan fingerprint density at radius 3 is 2.57 bits per heavy atom. The van der Waals surface area contributed by atoms with E-state index in [-0.39, 0.29) is 29.5 Å². The monoisotopic (exact) mass is 487 g/mol. The highest BCUT2D eigenvalue weighted by atomic mass is 16.8. The second-order valence-corrected chi connectivity index (χ2v) is 10.2. The fourth-order valence-corrected chi connectivity index (χ4v) is 5.31. The first-order valence-electron chi connectivity index (χ1n) is 11.8. The van der Waals surface area contributed by atoms with E-state index in [1.807, 2.05) is 32.3 Å². The van der Waals surface area contributed by atoms with Crippen molar-refractivity contribution in [2.45, 2.75) is 83.6 Å². The lowest BCUT2D eigenvalue weighted by Gasteiger charge is -2.24. The summed E-state index contributed by atoms with van der Waals surface area (Å²) in [5.74, 6) is -0.954. The fraction of sp³-hybridized carbons (Fsp3) is 0.682. The second kappa shape index (κ2) is 7.56. The maximum Gasteiger partial charge on any atom is 0.332 e. The van der Waals surface area contributed by atoms with Crippen LogP contribution in [0.1, 0.15) is 34.1 Å². The molecule has 35 heavy (non-hydrogen) atoms. The minimum absolute atomic E-state index is 0.257. The van der Waals surface area contributed by atoms with E-state index in [2.05, 4.69) is 15.3 Å². The van der Waals surface area contributed by atoms with Crippen LogP contribution in [0.5, 0.6) is 0 Å².